The maximum Gasteiger partial charge on any atom is 0.131 e. The van der Waals surface area contributed by atoms with Gasteiger partial charge in [-0.15, -0.1) is 0 Å². The van der Waals surface area contributed by atoms with Crippen LogP contribution in [0.2, 0.25) is 0 Å². The maximum atomic E-state index is 9.78. The Bertz CT molecular complexity index is 824. The molecule has 1 saturated carbocycles. The zero-order valence-electron chi connectivity index (χ0n) is 20.3. The molecule has 3 heteroatoms. The zero-order chi connectivity index (χ0) is 22.7. The van der Waals surface area contributed by atoms with E-state index in [4.69, 9.17) is 9.97 Å². The first-order valence-corrected chi connectivity index (χ1v) is 13.0. The Hall–Kier alpha value is -2.21. The van der Waals surface area contributed by atoms with E-state index in [9.17, 15) is 5.26 Å². The Morgan fingerprint density at radius 1 is 0.844 bits per heavy atom. The van der Waals surface area contributed by atoms with E-state index < -0.39 is 0 Å². The predicted octanol–water partition coefficient (Wildman–Crippen LogP) is 8.40. The van der Waals surface area contributed by atoms with Gasteiger partial charge in [0.15, 0.2) is 0 Å². The van der Waals surface area contributed by atoms with Crippen LogP contribution in [0.3, 0.4) is 0 Å². The largest absolute Gasteiger partial charge is 0.240 e. The molecule has 0 aliphatic heterocycles. The standard InChI is InChI=1S/C29H41N3/c1-3-5-7-8-9-11-24-12-14-25(15-13-24)27-21-31-28(32-22-27)26-16-19-29(23-30,20-17-26)18-10-6-4-2/h12-15,21-22,26H,3-11,16-20H2,1-2H3. The molecule has 0 atom stereocenters. The molecule has 172 valence electrons. The Kier molecular flexibility index (Phi) is 9.72. The third-order valence-electron chi connectivity index (χ3n) is 7.33. The smallest absolute Gasteiger partial charge is 0.131 e. The topological polar surface area (TPSA) is 49.6 Å². The number of aromatic nitrogens is 2. The number of benzene rings is 1. The number of aryl methyl sites for hydroxylation is 1. The first kappa shape index (κ1) is 24.4. The molecule has 0 N–H and O–H groups in total. The van der Waals surface area contributed by atoms with Crippen LogP contribution < -0.4 is 0 Å². The van der Waals surface area contributed by atoms with Gasteiger partial charge in [-0.2, -0.15) is 5.26 Å². The summed E-state index contributed by atoms with van der Waals surface area (Å²) in [7, 11) is 0. The summed E-state index contributed by atoms with van der Waals surface area (Å²) in [6, 6.07) is 11.6. The summed E-state index contributed by atoms with van der Waals surface area (Å²) in [5, 5.41) is 9.78. The van der Waals surface area contributed by atoms with Crippen LogP contribution in [0.15, 0.2) is 36.7 Å². The van der Waals surface area contributed by atoms with Crippen molar-refractivity contribution >= 4 is 0 Å². The molecule has 0 amide bonds. The average molecular weight is 432 g/mol. The van der Waals surface area contributed by atoms with E-state index in [2.05, 4.69) is 44.2 Å². The van der Waals surface area contributed by atoms with Crippen LogP contribution in [0, 0.1) is 16.7 Å². The Labute approximate surface area is 195 Å². The van der Waals surface area contributed by atoms with Crippen molar-refractivity contribution in [3.05, 3.63) is 48.0 Å². The van der Waals surface area contributed by atoms with Crippen molar-refractivity contribution in [1.29, 1.82) is 5.26 Å². The highest BCUT2D eigenvalue weighted by atomic mass is 14.9. The first-order valence-electron chi connectivity index (χ1n) is 13.0. The van der Waals surface area contributed by atoms with Gasteiger partial charge in [-0.3, -0.25) is 0 Å². The normalized spacial score (nSPS) is 20.7. The molecular weight excluding hydrogens is 390 g/mol. The molecule has 0 spiro atoms. The average Bonchev–Trinajstić information content (AvgIpc) is 2.85. The molecule has 1 heterocycles. The summed E-state index contributed by atoms with van der Waals surface area (Å²) in [5.74, 6) is 1.35. The summed E-state index contributed by atoms with van der Waals surface area (Å²) >= 11 is 0. The molecule has 1 aliphatic rings. The third kappa shape index (κ3) is 6.89. The van der Waals surface area contributed by atoms with E-state index in [1.165, 1.54) is 68.9 Å². The molecule has 1 aromatic heterocycles. The van der Waals surface area contributed by atoms with Crippen LogP contribution in [0.4, 0.5) is 0 Å². The molecule has 32 heavy (non-hydrogen) atoms. The fraction of sp³-hybridized carbons (Fsp3) is 0.621. The van der Waals surface area contributed by atoms with Crippen LogP contribution in [-0.2, 0) is 6.42 Å². The highest BCUT2D eigenvalue weighted by Crippen LogP contribution is 2.45. The second-order valence-corrected chi connectivity index (χ2v) is 9.81. The predicted molar refractivity (Wildman–Crippen MR) is 133 cm³/mol. The van der Waals surface area contributed by atoms with Gasteiger partial charge in [0, 0.05) is 23.9 Å². The minimum absolute atomic E-state index is 0.108. The number of nitriles is 1. The number of hydrogen-bond donors (Lipinski definition) is 0. The Balaban J connectivity index is 1.51. The van der Waals surface area contributed by atoms with Crippen molar-refractivity contribution in [2.24, 2.45) is 5.41 Å². The van der Waals surface area contributed by atoms with Gasteiger partial charge in [0.05, 0.1) is 11.5 Å². The highest BCUT2D eigenvalue weighted by Gasteiger charge is 2.36. The van der Waals surface area contributed by atoms with E-state index in [0.717, 1.165) is 43.5 Å². The third-order valence-corrected chi connectivity index (χ3v) is 7.33. The van der Waals surface area contributed by atoms with Crippen molar-refractivity contribution in [3.8, 4) is 17.2 Å². The maximum absolute atomic E-state index is 9.78. The van der Waals surface area contributed by atoms with E-state index in [1.54, 1.807) is 0 Å². The molecular formula is C29H41N3. The van der Waals surface area contributed by atoms with Crippen LogP contribution in [0.5, 0.6) is 0 Å². The fourth-order valence-electron chi connectivity index (χ4n) is 5.05. The number of unbranched alkanes of at least 4 members (excludes halogenated alkanes) is 6. The minimum Gasteiger partial charge on any atom is -0.240 e. The van der Waals surface area contributed by atoms with E-state index >= 15 is 0 Å². The number of rotatable bonds is 12. The van der Waals surface area contributed by atoms with Crippen LogP contribution in [-0.4, -0.2) is 9.97 Å². The van der Waals surface area contributed by atoms with E-state index in [1.807, 2.05) is 12.4 Å². The fourth-order valence-corrected chi connectivity index (χ4v) is 5.05. The summed E-state index contributed by atoms with van der Waals surface area (Å²) in [4.78, 5) is 9.47. The molecule has 0 bridgehead atoms. The van der Waals surface area contributed by atoms with Crippen LogP contribution >= 0.6 is 0 Å². The number of hydrogen-bond acceptors (Lipinski definition) is 3. The second kappa shape index (κ2) is 12.7. The number of nitrogens with zero attached hydrogens (tertiary/aromatic N) is 3. The first-order chi connectivity index (χ1) is 15.7. The van der Waals surface area contributed by atoms with Crippen molar-refractivity contribution in [2.45, 2.75) is 110 Å². The lowest BCUT2D eigenvalue weighted by Gasteiger charge is -2.34. The van der Waals surface area contributed by atoms with Gasteiger partial charge in [0.25, 0.3) is 0 Å². The van der Waals surface area contributed by atoms with Gasteiger partial charge in [-0.1, -0.05) is 83.1 Å². The van der Waals surface area contributed by atoms with Crippen molar-refractivity contribution in [2.75, 3.05) is 0 Å². The molecule has 1 fully saturated rings. The molecule has 0 saturated heterocycles. The van der Waals surface area contributed by atoms with Gasteiger partial charge >= 0.3 is 0 Å². The van der Waals surface area contributed by atoms with Crippen LogP contribution in [0.1, 0.15) is 115 Å². The van der Waals surface area contributed by atoms with Crippen LogP contribution in [0.25, 0.3) is 11.1 Å². The van der Waals surface area contributed by atoms with Crippen molar-refractivity contribution < 1.29 is 0 Å². The van der Waals surface area contributed by atoms with Gasteiger partial charge < -0.3 is 0 Å². The summed E-state index contributed by atoms with van der Waals surface area (Å²) in [5.41, 5.74) is 3.59. The monoisotopic (exact) mass is 431 g/mol. The minimum atomic E-state index is -0.108. The van der Waals surface area contributed by atoms with Crippen molar-refractivity contribution in [1.82, 2.24) is 9.97 Å². The van der Waals surface area contributed by atoms with Gasteiger partial charge in [-0.05, 0) is 56.1 Å². The lowest BCUT2D eigenvalue weighted by atomic mass is 9.68. The summed E-state index contributed by atoms with van der Waals surface area (Å²) < 4.78 is 0. The molecule has 0 radical (unpaired) electrons. The quantitative estimate of drug-likeness (QED) is 0.317. The summed E-state index contributed by atoms with van der Waals surface area (Å²) in [6.45, 7) is 4.49. The van der Waals surface area contributed by atoms with E-state index in [0.29, 0.717) is 5.92 Å². The summed E-state index contributed by atoms with van der Waals surface area (Å²) in [6.07, 6.45) is 20.5. The van der Waals surface area contributed by atoms with Gasteiger partial charge in [0.1, 0.15) is 5.82 Å². The van der Waals surface area contributed by atoms with Gasteiger partial charge in [-0.25, -0.2) is 9.97 Å². The molecule has 0 unspecified atom stereocenters. The Morgan fingerprint density at radius 3 is 2.09 bits per heavy atom. The zero-order valence-corrected chi connectivity index (χ0v) is 20.3. The molecule has 3 rings (SSSR count). The van der Waals surface area contributed by atoms with Crippen molar-refractivity contribution in [3.63, 3.8) is 0 Å². The SMILES string of the molecule is CCCCCCCc1ccc(-c2cnc(C3CCC(C#N)(CCCCC)CC3)nc2)cc1. The molecule has 1 aliphatic carbocycles. The molecule has 2 aromatic rings. The second-order valence-electron chi connectivity index (χ2n) is 9.81. The lowest BCUT2D eigenvalue weighted by Crippen LogP contribution is -2.26. The lowest BCUT2D eigenvalue weighted by molar-refractivity contribution is 0.220. The van der Waals surface area contributed by atoms with Gasteiger partial charge in [0.2, 0.25) is 0 Å². The Morgan fingerprint density at radius 2 is 1.47 bits per heavy atom. The van der Waals surface area contributed by atoms with E-state index in [-0.39, 0.29) is 5.41 Å². The molecule has 1 aromatic carbocycles. The highest BCUT2D eigenvalue weighted by molar-refractivity contribution is 5.61. The molecule has 3 nitrogen and oxygen atoms in total.